The van der Waals surface area contributed by atoms with Crippen molar-refractivity contribution in [2.45, 2.75) is 39.7 Å². The molecular formula is C18H22N2O3. The Morgan fingerprint density at radius 1 is 1.30 bits per heavy atom. The molecule has 0 bridgehead atoms. The van der Waals surface area contributed by atoms with E-state index in [-0.39, 0.29) is 12.5 Å². The number of carbonyl (C=O) groups excluding carboxylic acids is 2. The molecule has 23 heavy (non-hydrogen) atoms. The zero-order valence-electron chi connectivity index (χ0n) is 13.8. The number of benzene rings is 1. The van der Waals surface area contributed by atoms with Crippen LogP contribution in [0.4, 0.5) is 0 Å². The van der Waals surface area contributed by atoms with Crippen LogP contribution in [-0.2, 0) is 14.3 Å². The molecule has 1 aliphatic heterocycles. The molecule has 1 amide bonds. The summed E-state index contributed by atoms with van der Waals surface area (Å²) in [6.45, 7) is 5.70. The molecular weight excluding hydrogens is 292 g/mol. The lowest BCUT2D eigenvalue weighted by atomic mass is 10.1. The number of esters is 1. The highest BCUT2D eigenvalue weighted by Crippen LogP contribution is 2.15. The number of hydrazone groups is 1. The summed E-state index contributed by atoms with van der Waals surface area (Å²) in [5, 5.41) is 5.54. The summed E-state index contributed by atoms with van der Waals surface area (Å²) in [5.41, 5.74) is 3.05. The minimum Gasteiger partial charge on any atom is -0.464 e. The predicted octanol–water partition coefficient (Wildman–Crippen LogP) is 2.94. The molecule has 5 nitrogen and oxygen atoms in total. The lowest BCUT2D eigenvalue weighted by Crippen LogP contribution is -2.43. The molecule has 0 N–H and O–H groups in total. The molecule has 0 saturated carbocycles. The second kappa shape index (κ2) is 7.72. The molecule has 1 unspecified atom stereocenters. The lowest BCUT2D eigenvalue weighted by molar-refractivity contribution is -0.154. The first kappa shape index (κ1) is 16.9. The summed E-state index contributed by atoms with van der Waals surface area (Å²) in [6.07, 6.45) is 4.78. The van der Waals surface area contributed by atoms with E-state index in [9.17, 15) is 9.59 Å². The fourth-order valence-corrected chi connectivity index (χ4v) is 2.25. The lowest BCUT2D eigenvalue weighted by Gasteiger charge is -2.26. The van der Waals surface area contributed by atoms with Gasteiger partial charge in [0.25, 0.3) is 0 Å². The molecule has 1 aromatic carbocycles. The Balaban J connectivity index is 2.12. The maximum atomic E-state index is 12.0. The topological polar surface area (TPSA) is 59.0 Å². The minimum absolute atomic E-state index is 0.155. The van der Waals surface area contributed by atoms with Gasteiger partial charge in [-0.05, 0) is 32.4 Å². The number of amides is 1. The highest BCUT2D eigenvalue weighted by Gasteiger charge is 2.29. The SMILES string of the molecule is CCOC(=O)C(C)N1N=C(C=Cc2ccc(C)cc2)CCC1=O. The van der Waals surface area contributed by atoms with Crippen LogP contribution in [0.5, 0.6) is 0 Å². The zero-order valence-corrected chi connectivity index (χ0v) is 13.8. The number of ether oxygens (including phenoxy) is 1. The van der Waals surface area contributed by atoms with Gasteiger partial charge in [0.15, 0.2) is 0 Å². The van der Waals surface area contributed by atoms with Crippen LogP contribution in [0.1, 0.15) is 37.8 Å². The van der Waals surface area contributed by atoms with Crippen LogP contribution >= 0.6 is 0 Å². The van der Waals surface area contributed by atoms with Gasteiger partial charge in [0.2, 0.25) is 5.91 Å². The molecule has 0 aliphatic carbocycles. The van der Waals surface area contributed by atoms with Crippen LogP contribution in [0, 0.1) is 6.92 Å². The monoisotopic (exact) mass is 314 g/mol. The number of aryl methyl sites for hydroxylation is 1. The molecule has 1 aromatic rings. The third-order valence-electron chi connectivity index (χ3n) is 3.63. The van der Waals surface area contributed by atoms with Gasteiger partial charge in [-0.1, -0.05) is 35.9 Å². The number of rotatable bonds is 5. The molecule has 0 radical (unpaired) electrons. The van der Waals surface area contributed by atoms with Gasteiger partial charge < -0.3 is 4.74 Å². The average molecular weight is 314 g/mol. The van der Waals surface area contributed by atoms with Crippen LogP contribution < -0.4 is 0 Å². The molecule has 0 aromatic heterocycles. The van der Waals surface area contributed by atoms with Crippen molar-refractivity contribution in [2.75, 3.05) is 6.61 Å². The number of hydrogen-bond acceptors (Lipinski definition) is 4. The Bertz CT molecular complexity index is 632. The summed E-state index contributed by atoms with van der Waals surface area (Å²) in [7, 11) is 0. The fraction of sp³-hybridized carbons (Fsp3) is 0.389. The molecule has 0 fully saturated rings. The van der Waals surface area contributed by atoms with Crippen molar-refractivity contribution in [3.05, 3.63) is 41.5 Å². The standard InChI is InChI=1S/C18H22N2O3/c1-4-23-18(22)14(3)20-17(21)12-11-16(19-20)10-9-15-7-5-13(2)6-8-15/h5-10,14H,4,11-12H2,1-3H3. The average Bonchev–Trinajstić information content (AvgIpc) is 2.55. The van der Waals surface area contributed by atoms with Crippen LogP contribution in [-0.4, -0.2) is 35.2 Å². The van der Waals surface area contributed by atoms with Crippen LogP contribution in [0.3, 0.4) is 0 Å². The van der Waals surface area contributed by atoms with Gasteiger partial charge in [0.05, 0.1) is 12.3 Å². The van der Waals surface area contributed by atoms with Gasteiger partial charge in [0.1, 0.15) is 6.04 Å². The molecule has 0 spiro atoms. The number of carbonyl (C=O) groups is 2. The van der Waals surface area contributed by atoms with Crippen LogP contribution in [0.25, 0.3) is 6.08 Å². The van der Waals surface area contributed by atoms with E-state index in [4.69, 9.17) is 4.74 Å². The van der Waals surface area contributed by atoms with Crippen molar-refractivity contribution in [3.63, 3.8) is 0 Å². The maximum absolute atomic E-state index is 12.0. The molecule has 122 valence electrons. The third kappa shape index (κ3) is 4.52. The van der Waals surface area contributed by atoms with Gasteiger partial charge in [-0.2, -0.15) is 5.10 Å². The molecule has 1 heterocycles. The van der Waals surface area contributed by atoms with Crippen molar-refractivity contribution in [2.24, 2.45) is 5.10 Å². The van der Waals surface area contributed by atoms with E-state index >= 15 is 0 Å². The number of hydrogen-bond donors (Lipinski definition) is 0. The largest absolute Gasteiger partial charge is 0.464 e. The fourth-order valence-electron chi connectivity index (χ4n) is 2.25. The summed E-state index contributed by atoms with van der Waals surface area (Å²) in [4.78, 5) is 23.8. The van der Waals surface area contributed by atoms with E-state index in [0.717, 1.165) is 11.3 Å². The Morgan fingerprint density at radius 2 is 2.00 bits per heavy atom. The summed E-state index contributed by atoms with van der Waals surface area (Å²) in [5.74, 6) is -0.591. The Hall–Kier alpha value is -2.43. The Kier molecular flexibility index (Phi) is 5.68. The predicted molar refractivity (Wildman–Crippen MR) is 89.8 cm³/mol. The van der Waals surface area contributed by atoms with Crippen molar-refractivity contribution >= 4 is 23.7 Å². The van der Waals surface area contributed by atoms with E-state index in [2.05, 4.69) is 5.10 Å². The van der Waals surface area contributed by atoms with Crippen molar-refractivity contribution in [3.8, 4) is 0 Å². The van der Waals surface area contributed by atoms with Gasteiger partial charge in [-0.15, -0.1) is 0 Å². The van der Waals surface area contributed by atoms with Crippen molar-refractivity contribution in [1.29, 1.82) is 0 Å². The van der Waals surface area contributed by atoms with Crippen molar-refractivity contribution < 1.29 is 14.3 Å². The van der Waals surface area contributed by atoms with E-state index in [0.29, 0.717) is 12.8 Å². The van der Waals surface area contributed by atoms with Gasteiger partial charge >= 0.3 is 5.97 Å². The first-order chi connectivity index (χ1) is 11.0. The number of nitrogens with zero attached hydrogens (tertiary/aromatic N) is 2. The molecule has 1 aliphatic rings. The van der Waals surface area contributed by atoms with Gasteiger partial charge in [-0.3, -0.25) is 4.79 Å². The van der Waals surface area contributed by atoms with Crippen LogP contribution in [0.2, 0.25) is 0 Å². The highest BCUT2D eigenvalue weighted by atomic mass is 16.5. The highest BCUT2D eigenvalue weighted by molar-refractivity contribution is 6.02. The first-order valence-electron chi connectivity index (χ1n) is 7.82. The molecule has 5 heteroatoms. The number of allylic oxidation sites excluding steroid dienone is 1. The van der Waals surface area contributed by atoms with E-state index in [1.54, 1.807) is 13.8 Å². The third-order valence-corrected chi connectivity index (χ3v) is 3.63. The zero-order chi connectivity index (χ0) is 16.8. The van der Waals surface area contributed by atoms with Gasteiger partial charge in [-0.25, -0.2) is 9.80 Å². The van der Waals surface area contributed by atoms with E-state index < -0.39 is 12.0 Å². The molecule has 0 saturated heterocycles. The summed E-state index contributed by atoms with van der Waals surface area (Å²) < 4.78 is 4.96. The second-order valence-electron chi connectivity index (χ2n) is 5.50. The smallest absolute Gasteiger partial charge is 0.330 e. The molecule has 1 atom stereocenters. The summed E-state index contributed by atoms with van der Waals surface area (Å²) >= 11 is 0. The molecule has 2 rings (SSSR count). The van der Waals surface area contributed by atoms with Gasteiger partial charge in [0, 0.05) is 12.8 Å². The maximum Gasteiger partial charge on any atom is 0.330 e. The van der Waals surface area contributed by atoms with E-state index in [1.165, 1.54) is 10.6 Å². The first-order valence-corrected chi connectivity index (χ1v) is 7.82. The Labute approximate surface area is 136 Å². The van der Waals surface area contributed by atoms with E-state index in [1.807, 2.05) is 43.3 Å². The van der Waals surface area contributed by atoms with Crippen molar-refractivity contribution in [1.82, 2.24) is 5.01 Å². The Morgan fingerprint density at radius 3 is 2.65 bits per heavy atom. The summed E-state index contributed by atoms with van der Waals surface area (Å²) in [6, 6.07) is 7.44. The minimum atomic E-state index is -0.703. The normalized spacial score (nSPS) is 16.4. The second-order valence-corrected chi connectivity index (χ2v) is 5.50. The quantitative estimate of drug-likeness (QED) is 0.785. The van der Waals surface area contributed by atoms with Crippen LogP contribution in [0.15, 0.2) is 35.4 Å².